The van der Waals surface area contributed by atoms with Crippen LogP contribution in [-0.2, 0) is 6.54 Å². The molecule has 0 aliphatic heterocycles. The van der Waals surface area contributed by atoms with Gasteiger partial charge in [0.05, 0.1) is 12.7 Å². The summed E-state index contributed by atoms with van der Waals surface area (Å²) in [5, 5.41) is 8.41. The van der Waals surface area contributed by atoms with Crippen molar-refractivity contribution in [2.45, 2.75) is 6.54 Å². The fourth-order valence-corrected chi connectivity index (χ4v) is 1.88. The van der Waals surface area contributed by atoms with E-state index in [4.69, 9.17) is 16.1 Å². The number of hydrogen-bond donors (Lipinski definition) is 0. The number of halogens is 1. The number of rotatable bonds is 3. The maximum atomic E-state index is 5.69. The van der Waals surface area contributed by atoms with E-state index < -0.39 is 0 Å². The monoisotopic (exact) mass is 259 g/mol. The molecule has 2 heterocycles. The Kier molecular flexibility index (Phi) is 2.86. The molecular weight excluding hydrogens is 250 g/mol. The highest BCUT2D eigenvalue weighted by Crippen LogP contribution is 2.21. The van der Waals surface area contributed by atoms with Gasteiger partial charge < -0.3 is 4.52 Å². The molecule has 18 heavy (non-hydrogen) atoms. The van der Waals surface area contributed by atoms with Crippen LogP contribution < -0.4 is 0 Å². The van der Waals surface area contributed by atoms with Crippen LogP contribution in [0.5, 0.6) is 0 Å². The van der Waals surface area contributed by atoms with Crippen LogP contribution in [0.2, 0.25) is 5.22 Å². The van der Waals surface area contributed by atoms with Gasteiger partial charge in [0.1, 0.15) is 5.69 Å². The van der Waals surface area contributed by atoms with E-state index in [2.05, 4.69) is 22.4 Å². The Morgan fingerprint density at radius 1 is 1.22 bits per heavy atom. The van der Waals surface area contributed by atoms with Gasteiger partial charge in [0, 0.05) is 17.8 Å². The summed E-state index contributed by atoms with van der Waals surface area (Å²) in [5.74, 6) is 0. The molecule has 0 fully saturated rings. The Morgan fingerprint density at radius 2 is 2.06 bits per heavy atom. The Balaban J connectivity index is 1.82. The number of nitrogens with zero attached hydrogens (tertiary/aromatic N) is 3. The molecule has 0 unspecified atom stereocenters. The number of hydrogen-bond acceptors (Lipinski definition) is 3. The Bertz CT molecular complexity index is 645. The SMILES string of the molecule is Clc1cc(-c2cnn(Cc3ccccc3)c2)no1. The highest BCUT2D eigenvalue weighted by Gasteiger charge is 2.07. The molecule has 0 N–H and O–H groups in total. The molecule has 0 atom stereocenters. The standard InChI is InChI=1S/C13H10ClN3O/c14-13-6-12(16-18-13)11-7-15-17(9-11)8-10-4-2-1-3-5-10/h1-7,9H,8H2. The lowest BCUT2D eigenvalue weighted by Gasteiger charge is -2.00. The lowest BCUT2D eigenvalue weighted by atomic mass is 10.2. The lowest BCUT2D eigenvalue weighted by Crippen LogP contribution is -1.99. The van der Waals surface area contributed by atoms with Gasteiger partial charge >= 0.3 is 0 Å². The van der Waals surface area contributed by atoms with Gasteiger partial charge in [-0.25, -0.2) is 0 Å². The second-order valence-corrected chi connectivity index (χ2v) is 4.30. The first-order valence-corrected chi connectivity index (χ1v) is 5.88. The molecule has 2 aromatic heterocycles. The highest BCUT2D eigenvalue weighted by molar-refractivity contribution is 6.29. The molecule has 0 spiro atoms. The Morgan fingerprint density at radius 3 is 2.78 bits per heavy atom. The molecule has 0 aliphatic rings. The topological polar surface area (TPSA) is 43.9 Å². The highest BCUT2D eigenvalue weighted by atomic mass is 35.5. The van der Waals surface area contributed by atoms with Gasteiger partial charge in [-0.15, -0.1) is 0 Å². The molecule has 90 valence electrons. The van der Waals surface area contributed by atoms with Crippen LogP contribution in [0.3, 0.4) is 0 Å². The number of aromatic nitrogens is 3. The largest absolute Gasteiger partial charge is 0.344 e. The van der Waals surface area contributed by atoms with E-state index in [9.17, 15) is 0 Å². The summed E-state index contributed by atoms with van der Waals surface area (Å²) < 4.78 is 6.68. The third kappa shape index (κ3) is 2.28. The first-order chi connectivity index (χ1) is 8.81. The predicted molar refractivity (Wildman–Crippen MR) is 68.3 cm³/mol. The quantitative estimate of drug-likeness (QED) is 0.725. The summed E-state index contributed by atoms with van der Waals surface area (Å²) in [5.41, 5.74) is 2.78. The second kappa shape index (κ2) is 4.66. The molecule has 0 amide bonds. The van der Waals surface area contributed by atoms with Gasteiger partial charge in [-0.05, 0) is 17.2 Å². The van der Waals surface area contributed by atoms with Gasteiger partial charge in [-0.2, -0.15) is 5.10 Å². The van der Waals surface area contributed by atoms with Crippen LogP contribution in [-0.4, -0.2) is 14.9 Å². The maximum absolute atomic E-state index is 5.69. The van der Waals surface area contributed by atoms with Crippen molar-refractivity contribution in [3.05, 3.63) is 59.6 Å². The summed E-state index contributed by atoms with van der Waals surface area (Å²) in [6.45, 7) is 0.729. The third-order valence-electron chi connectivity index (χ3n) is 2.60. The zero-order chi connectivity index (χ0) is 12.4. The summed E-state index contributed by atoms with van der Waals surface area (Å²) >= 11 is 5.69. The molecular formula is C13H10ClN3O. The Hall–Kier alpha value is -2.07. The van der Waals surface area contributed by atoms with Gasteiger partial charge in [-0.1, -0.05) is 35.5 Å². The summed E-state index contributed by atoms with van der Waals surface area (Å²) in [7, 11) is 0. The minimum absolute atomic E-state index is 0.279. The van der Waals surface area contributed by atoms with Crippen LogP contribution in [0.1, 0.15) is 5.56 Å². The zero-order valence-electron chi connectivity index (χ0n) is 9.45. The first-order valence-electron chi connectivity index (χ1n) is 5.50. The summed E-state index contributed by atoms with van der Waals surface area (Å²) in [6.07, 6.45) is 3.66. The van der Waals surface area contributed by atoms with Crippen molar-refractivity contribution in [1.29, 1.82) is 0 Å². The van der Waals surface area contributed by atoms with E-state index in [0.29, 0.717) is 5.69 Å². The van der Waals surface area contributed by atoms with Crippen molar-refractivity contribution < 1.29 is 4.52 Å². The normalized spacial score (nSPS) is 10.7. The van der Waals surface area contributed by atoms with Gasteiger partial charge in [0.25, 0.3) is 0 Å². The van der Waals surface area contributed by atoms with E-state index in [-0.39, 0.29) is 5.22 Å². The smallest absolute Gasteiger partial charge is 0.226 e. The molecule has 0 bridgehead atoms. The minimum atomic E-state index is 0.279. The molecule has 4 nitrogen and oxygen atoms in total. The van der Waals surface area contributed by atoms with Crippen molar-refractivity contribution in [2.75, 3.05) is 0 Å². The van der Waals surface area contributed by atoms with Crippen LogP contribution in [0.15, 0.2) is 53.3 Å². The van der Waals surface area contributed by atoms with E-state index in [1.165, 1.54) is 5.56 Å². The summed E-state index contributed by atoms with van der Waals surface area (Å²) in [6, 6.07) is 11.8. The molecule has 0 aliphatic carbocycles. The van der Waals surface area contributed by atoms with Crippen molar-refractivity contribution in [2.24, 2.45) is 0 Å². The fourth-order valence-electron chi connectivity index (χ4n) is 1.74. The first kappa shape index (κ1) is 11.0. The molecule has 3 rings (SSSR count). The summed E-state index contributed by atoms with van der Waals surface area (Å²) in [4.78, 5) is 0. The molecule has 0 radical (unpaired) electrons. The average Bonchev–Trinajstić information content (AvgIpc) is 2.99. The Labute approximate surface area is 109 Å². The van der Waals surface area contributed by atoms with Crippen LogP contribution >= 0.6 is 11.6 Å². The molecule has 3 aromatic rings. The van der Waals surface area contributed by atoms with E-state index in [1.807, 2.05) is 29.1 Å². The van der Waals surface area contributed by atoms with Crippen molar-refractivity contribution in [3.63, 3.8) is 0 Å². The predicted octanol–water partition coefficient (Wildman–Crippen LogP) is 3.24. The molecule has 0 saturated heterocycles. The van der Waals surface area contributed by atoms with E-state index >= 15 is 0 Å². The zero-order valence-corrected chi connectivity index (χ0v) is 10.2. The van der Waals surface area contributed by atoms with Crippen molar-refractivity contribution >= 4 is 11.6 Å². The fraction of sp³-hybridized carbons (Fsp3) is 0.0769. The number of benzene rings is 1. The van der Waals surface area contributed by atoms with E-state index in [0.717, 1.165) is 12.1 Å². The molecule has 0 saturated carbocycles. The van der Waals surface area contributed by atoms with E-state index in [1.54, 1.807) is 12.3 Å². The van der Waals surface area contributed by atoms with Crippen molar-refractivity contribution in [1.82, 2.24) is 14.9 Å². The van der Waals surface area contributed by atoms with Crippen LogP contribution in [0.25, 0.3) is 11.3 Å². The van der Waals surface area contributed by atoms with Crippen LogP contribution in [0, 0.1) is 0 Å². The third-order valence-corrected chi connectivity index (χ3v) is 2.78. The van der Waals surface area contributed by atoms with Crippen LogP contribution in [0.4, 0.5) is 0 Å². The maximum Gasteiger partial charge on any atom is 0.226 e. The average molecular weight is 260 g/mol. The molecule has 5 heteroatoms. The molecule has 1 aromatic carbocycles. The van der Waals surface area contributed by atoms with Gasteiger partial charge in [-0.3, -0.25) is 4.68 Å². The van der Waals surface area contributed by atoms with Gasteiger partial charge in [0.2, 0.25) is 5.22 Å². The van der Waals surface area contributed by atoms with Crippen molar-refractivity contribution in [3.8, 4) is 11.3 Å². The minimum Gasteiger partial charge on any atom is -0.344 e. The van der Waals surface area contributed by atoms with Gasteiger partial charge in [0.15, 0.2) is 0 Å². The second-order valence-electron chi connectivity index (χ2n) is 3.93. The lowest BCUT2D eigenvalue weighted by molar-refractivity contribution is 0.424.